The van der Waals surface area contributed by atoms with Gasteiger partial charge in [0.2, 0.25) is 8.32 Å². The van der Waals surface area contributed by atoms with Crippen molar-refractivity contribution in [2.75, 3.05) is 14.2 Å². The molecule has 6 nitrogen and oxygen atoms in total. The van der Waals surface area contributed by atoms with Crippen molar-refractivity contribution in [1.82, 2.24) is 0 Å². The van der Waals surface area contributed by atoms with E-state index >= 15 is 0 Å². The molecule has 0 amide bonds. The van der Waals surface area contributed by atoms with Crippen molar-refractivity contribution in [3.8, 4) is 0 Å². The summed E-state index contributed by atoms with van der Waals surface area (Å²) < 4.78 is 15.7. The Labute approximate surface area is 322 Å². The molecule has 4 aromatic rings. The molecular formula is C46H63O6Si+. The van der Waals surface area contributed by atoms with Crippen molar-refractivity contribution in [2.45, 2.75) is 80.9 Å². The lowest BCUT2D eigenvalue weighted by Gasteiger charge is -2.32. The van der Waals surface area contributed by atoms with Crippen LogP contribution in [0.2, 0.25) is 19.6 Å². The van der Waals surface area contributed by atoms with E-state index < -0.39 is 13.7 Å². The molecular weight excluding hydrogens is 677 g/mol. The van der Waals surface area contributed by atoms with Crippen LogP contribution in [0.15, 0.2) is 139 Å². The maximum Gasteiger partial charge on any atom is 1.00 e. The van der Waals surface area contributed by atoms with Gasteiger partial charge in [-0.05, 0) is 64.5 Å². The molecule has 0 fully saturated rings. The molecule has 7 heteroatoms. The molecule has 1 unspecified atom stereocenters. The second-order valence-corrected chi connectivity index (χ2v) is 17.8. The number of carbonyl (C=O) groups excluding carboxylic acids is 3. The SMILES string of the molecule is C.CC.COC(=O)C(C)(C)C(CC(=O)c1ccccc1)c1ccccc1.COC(O[Si](C)(C)C)=C(C)C.O=C(/C=C/c1ccccc1)c1ccccc1.[H+]. The van der Waals surface area contributed by atoms with Crippen LogP contribution in [-0.4, -0.2) is 40.1 Å². The van der Waals surface area contributed by atoms with Crippen LogP contribution in [0.3, 0.4) is 0 Å². The molecule has 0 saturated carbocycles. The molecule has 0 heterocycles. The fourth-order valence-corrected chi connectivity index (χ4v) is 5.71. The van der Waals surface area contributed by atoms with E-state index in [2.05, 4.69) is 19.6 Å². The normalized spacial score (nSPS) is 10.9. The number of ketones is 2. The molecule has 0 aromatic heterocycles. The Balaban J connectivity index is 0. The van der Waals surface area contributed by atoms with Gasteiger partial charge < -0.3 is 13.9 Å². The number of benzene rings is 4. The fourth-order valence-electron chi connectivity index (χ4n) is 4.87. The predicted molar refractivity (Wildman–Crippen MR) is 226 cm³/mol. The average molecular weight is 740 g/mol. The van der Waals surface area contributed by atoms with Crippen molar-refractivity contribution in [3.63, 3.8) is 0 Å². The third-order valence-corrected chi connectivity index (χ3v) is 8.35. The van der Waals surface area contributed by atoms with Crippen molar-refractivity contribution < 1.29 is 29.7 Å². The van der Waals surface area contributed by atoms with Gasteiger partial charge in [-0.2, -0.15) is 0 Å². The van der Waals surface area contributed by atoms with E-state index in [1.807, 2.05) is 157 Å². The summed E-state index contributed by atoms with van der Waals surface area (Å²) in [6.45, 7) is 18.0. The number of hydrogen-bond donors (Lipinski definition) is 0. The van der Waals surface area contributed by atoms with Crippen molar-refractivity contribution in [3.05, 3.63) is 161 Å². The number of hydrogen-bond acceptors (Lipinski definition) is 6. The predicted octanol–water partition coefficient (Wildman–Crippen LogP) is 12.3. The lowest BCUT2D eigenvalue weighted by atomic mass is 9.72. The highest BCUT2D eigenvalue weighted by Gasteiger charge is 2.40. The Hall–Kier alpha value is -5.01. The minimum absolute atomic E-state index is 0. The quantitative estimate of drug-likeness (QED) is 0.0473. The number of methoxy groups -OCH3 is 2. The zero-order chi connectivity index (χ0) is 39.2. The van der Waals surface area contributed by atoms with E-state index in [4.69, 9.17) is 13.9 Å². The first-order valence-electron chi connectivity index (χ1n) is 17.6. The van der Waals surface area contributed by atoms with Gasteiger partial charge in [-0.15, -0.1) is 0 Å². The van der Waals surface area contributed by atoms with E-state index in [1.165, 1.54) is 7.11 Å². The van der Waals surface area contributed by atoms with E-state index in [9.17, 15) is 14.4 Å². The molecule has 53 heavy (non-hydrogen) atoms. The van der Waals surface area contributed by atoms with Crippen LogP contribution in [0, 0.1) is 5.41 Å². The highest BCUT2D eigenvalue weighted by atomic mass is 28.4. The second-order valence-electron chi connectivity index (χ2n) is 13.4. The van der Waals surface area contributed by atoms with Gasteiger partial charge in [0.15, 0.2) is 11.6 Å². The van der Waals surface area contributed by atoms with E-state index in [1.54, 1.807) is 25.3 Å². The standard InChI is InChI=1S/C20H22O3.C15H12O.C8H18O2Si.C2H6.CH4/c1-20(2,19(22)23-3)17(15-10-6-4-7-11-15)14-18(21)16-12-8-5-9-13-16;16-15(14-9-5-2-6-10-14)12-11-13-7-3-1-4-8-13;1-7(2)8(9-3)10-11(4,5)6;1-2;/h4-13,17H,14H2,1-3H3;1-12H;1-6H3;1-2H3;1H4/p+1/b;12-11+;;;. The molecule has 0 spiro atoms. The summed E-state index contributed by atoms with van der Waals surface area (Å²) in [5.74, 6) is 0.182. The largest absolute Gasteiger partial charge is 1.00 e. The number of Topliss-reactive ketones (excluding diaryl/α,β-unsaturated/α-hetero) is 1. The maximum atomic E-state index is 12.6. The topological polar surface area (TPSA) is 78.9 Å². The van der Waals surface area contributed by atoms with Crippen LogP contribution in [0.25, 0.3) is 6.08 Å². The summed E-state index contributed by atoms with van der Waals surface area (Å²) in [4.78, 5) is 36.6. The monoisotopic (exact) mass is 739 g/mol. The van der Waals surface area contributed by atoms with Crippen LogP contribution in [0.4, 0.5) is 0 Å². The second kappa shape index (κ2) is 25.0. The van der Waals surface area contributed by atoms with Crippen LogP contribution in [0.5, 0.6) is 0 Å². The minimum Gasteiger partial charge on any atom is -0.520 e. The number of carbonyl (C=O) groups is 3. The van der Waals surface area contributed by atoms with Gasteiger partial charge in [-0.1, -0.05) is 149 Å². The highest BCUT2D eigenvalue weighted by Crippen LogP contribution is 2.40. The molecule has 0 bridgehead atoms. The number of ether oxygens (including phenoxy) is 2. The van der Waals surface area contributed by atoms with Gasteiger partial charge >= 0.3 is 7.40 Å². The van der Waals surface area contributed by atoms with Crippen molar-refractivity contribution in [2.24, 2.45) is 5.41 Å². The molecule has 0 aliphatic carbocycles. The van der Waals surface area contributed by atoms with E-state index in [0.29, 0.717) is 11.5 Å². The van der Waals surface area contributed by atoms with Gasteiger partial charge in [0.1, 0.15) is 0 Å². The van der Waals surface area contributed by atoms with Gasteiger partial charge in [0, 0.05) is 29.0 Å². The number of esters is 1. The summed E-state index contributed by atoms with van der Waals surface area (Å²) in [6, 6.07) is 37.9. The van der Waals surface area contributed by atoms with Crippen LogP contribution >= 0.6 is 0 Å². The molecule has 0 radical (unpaired) electrons. The van der Waals surface area contributed by atoms with Gasteiger partial charge in [0.05, 0.1) is 19.6 Å². The van der Waals surface area contributed by atoms with Crippen molar-refractivity contribution >= 4 is 31.9 Å². The smallest absolute Gasteiger partial charge is 0.520 e. The average Bonchev–Trinajstić information content (AvgIpc) is 3.16. The van der Waals surface area contributed by atoms with Crippen LogP contribution < -0.4 is 0 Å². The van der Waals surface area contributed by atoms with E-state index in [-0.39, 0.29) is 38.7 Å². The van der Waals surface area contributed by atoms with Gasteiger partial charge in [-0.25, -0.2) is 0 Å². The van der Waals surface area contributed by atoms with E-state index in [0.717, 1.165) is 22.3 Å². The molecule has 0 saturated heterocycles. The summed E-state index contributed by atoms with van der Waals surface area (Å²) in [5, 5.41) is 0. The van der Waals surface area contributed by atoms with Crippen molar-refractivity contribution in [1.29, 1.82) is 0 Å². The van der Waals surface area contributed by atoms with Gasteiger partial charge in [0.25, 0.3) is 5.95 Å². The lowest BCUT2D eigenvalue weighted by Crippen LogP contribution is -2.34. The Kier molecular flexibility index (Phi) is 22.7. The zero-order valence-electron chi connectivity index (χ0n) is 33.9. The third kappa shape index (κ3) is 17.9. The summed E-state index contributed by atoms with van der Waals surface area (Å²) in [7, 11) is 1.53. The Bertz CT molecular complexity index is 1680. The first-order valence-corrected chi connectivity index (χ1v) is 21.0. The molecule has 0 N–H and O–H groups in total. The number of rotatable bonds is 12. The van der Waals surface area contributed by atoms with Crippen LogP contribution in [-0.2, 0) is 18.7 Å². The molecule has 4 aromatic carbocycles. The molecule has 1 atom stereocenters. The Morgan fingerprint density at radius 2 is 1.13 bits per heavy atom. The summed E-state index contributed by atoms with van der Waals surface area (Å²) in [6.07, 6.45) is 3.69. The minimum atomic E-state index is -1.49. The first kappa shape index (κ1) is 48.0. The summed E-state index contributed by atoms with van der Waals surface area (Å²) >= 11 is 0. The highest BCUT2D eigenvalue weighted by molar-refractivity contribution is 6.70. The number of allylic oxidation sites excluding steroid dienone is 2. The zero-order valence-corrected chi connectivity index (χ0v) is 33.9. The van der Waals surface area contributed by atoms with Gasteiger partial charge in [-0.3, -0.25) is 14.4 Å². The molecule has 0 aliphatic rings. The first-order chi connectivity index (χ1) is 24.7. The summed E-state index contributed by atoms with van der Waals surface area (Å²) in [5.41, 5.74) is 3.68. The molecule has 0 aliphatic heterocycles. The Morgan fingerprint density at radius 3 is 1.53 bits per heavy atom. The fraction of sp³-hybridized carbons (Fsp3) is 0.326. The third-order valence-electron chi connectivity index (χ3n) is 7.55. The Morgan fingerprint density at radius 1 is 0.698 bits per heavy atom. The maximum absolute atomic E-state index is 12.6. The van der Waals surface area contributed by atoms with Crippen LogP contribution in [0.1, 0.15) is 94.6 Å². The lowest BCUT2D eigenvalue weighted by molar-refractivity contribution is -0.152. The molecule has 286 valence electrons. The molecule has 4 rings (SSSR count).